The van der Waals surface area contributed by atoms with Gasteiger partial charge in [-0.1, -0.05) is 12.2 Å². The van der Waals surface area contributed by atoms with Gasteiger partial charge < -0.3 is 5.32 Å². The van der Waals surface area contributed by atoms with Crippen molar-refractivity contribution in [3.8, 4) is 0 Å². The monoisotopic (exact) mass is 113 g/mol. The molecule has 0 spiro atoms. The summed E-state index contributed by atoms with van der Waals surface area (Å²) in [7, 11) is 0. The Morgan fingerprint density at radius 3 is 2.88 bits per heavy atom. The molecule has 46 valence electrons. The van der Waals surface area contributed by atoms with E-state index in [4.69, 9.17) is 0 Å². The topological polar surface area (TPSA) is 29.1 Å². The number of hydrogen-bond donors (Lipinski definition) is 1. The summed E-state index contributed by atoms with van der Waals surface area (Å²) < 4.78 is 0. The summed E-state index contributed by atoms with van der Waals surface area (Å²) in [4.78, 5) is 9.63. The van der Waals surface area contributed by atoms with E-state index in [9.17, 15) is 4.79 Å². The Morgan fingerprint density at radius 1 is 1.62 bits per heavy atom. The zero-order valence-electron chi connectivity index (χ0n) is 5.05. The third-order valence-corrected chi connectivity index (χ3v) is 0.774. The predicted molar refractivity (Wildman–Crippen MR) is 33.5 cm³/mol. The zero-order chi connectivity index (χ0) is 6.24. The Bertz CT molecular complexity index is 78.6. The first-order valence-corrected chi connectivity index (χ1v) is 2.70. The van der Waals surface area contributed by atoms with Gasteiger partial charge in [-0.3, -0.25) is 4.79 Å². The Morgan fingerprint density at radius 2 is 2.38 bits per heavy atom. The molecule has 0 atom stereocenters. The number of carbonyl (C=O) groups excluding carboxylic acids is 1. The molecule has 0 saturated heterocycles. The first-order chi connectivity index (χ1) is 3.91. The number of amides is 1. The number of rotatable bonds is 4. The maximum atomic E-state index is 9.63. The summed E-state index contributed by atoms with van der Waals surface area (Å²) in [5, 5.41) is 2.55. The number of carbonyl (C=O) groups is 1. The molecule has 0 radical (unpaired) electrons. The van der Waals surface area contributed by atoms with Crippen LogP contribution in [0.5, 0.6) is 0 Å². The zero-order valence-corrected chi connectivity index (χ0v) is 5.05. The molecule has 0 aliphatic carbocycles. The van der Waals surface area contributed by atoms with Crippen LogP contribution in [0.3, 0.4) is 0 Å². The molecule has 2 heteroatoms. The van der Waals surface area contributed by atoms with Gasteiger partial charge in [0, 0.05) is 6.54 Å². The molecule has 0 heterocycles. The lowest BCUT2D eigenvalue weighted by Gasteiger charge is -1.88. The molecule has 0 rings (SSSR count). The van der Waals surface area contributed by atoms with Crippen molar-refractivity contribution in [3.05, 3.63) is 12.2 Å². The van der Waals surface area contributed by atoms with E-state index in [1.54, 1.807) is 0 Å². The predicted octanol–water partition coefficient (Wildman–Crippen LogP) is 0.699. The van der Waals surface area contributed by atoms with Gasteiger partial charge in [-0.15, -0.1) is 0 Å². The third kappa shape index (κ3) is 5.21. The van der Waals surface area contributed by atoms with Crippen LogP contribution in [0.15, 0.2) is 12.2 Å². The Hall–Kier alpha value is -0.790. The van der Waals surface area contributed by atoms with E-state index < -0.39 is 0 Å². The van der Waals surface area contributed by atoms with Crippen molar-refractivity contribution in [2.45, 2.75) is 13.3 Å². The lowest BCUT2D eigenvalue weighted by molar-refractivity contribution is -0.109. The lowest BCUT2D eigenvalue weighted by Crippen LogP contribution is -2.10. The molecule has 1 amide bonds. The molecule has 0 aromatic carbocycles. The summed E-state index contributed by atoms with van der Waals surface area (Å²) in [5.41, 5.74) is 0. The SMILES string of the molecule is CC=CCCNC=O. The van der Waals surface area contributed by atoms with E-state index in [0.717, 1.165) is 13.0 Å². The van der Waals surface area contributed by atoms with Crippen molar-refractivity contribution in [1.82, 2.24) is 5.32 Å². The standard InChI is InChI=1S/C6H11NO/c1-2-3-4-5-7-6-8/h2-3,6H,4-5H2,1H3,(H,7,8). The van der Waals surface area contributed by atoms with Crippen molar-refractivity contribution in [2.75, 3.05) is 6.54 Å². The normalized spacial score (nSPS) is 9.62. The summed E-state index contributed by atoms with van der Waals surface area (Å²) >= 11 is 0. The summed E-state index contributed by atoms with van der Waals surface area (Å²) in [6.07, 6.45) is 5.61. The number of nitrogens with one attached hydrogen (secondary N) is 1. The van der Waals surface area contributed by atoms with Gasteiger partial charge in [0.1, 0.15) is 0 Å². The number of allylic oxidation sites excluding steroid dienone is 1. The largest absolute Gasteiger partial charge is 0.358 e. The highest BCUT2D eigenvalue weighted by Gasteiger charge is 1.74. The second-order valence-corrected chi connectivity index (χ2v) is 1.43. The molecular weight excluding hydrogens is 102 g/mol. The Labute approximate surface area is 49.6 Å². The fourth-order valence-electron chi connectivity index (χ4n) is 0.392. The molecule has 1 N–H and O–H groups in total. The van der Waals surface area contributed by atoms with Gasteiger partial charge in [-0.05, 0) is 13.3 Å². The van der Waals surface area contributed by atoms with Gasteiger partial charge in [0.25, 0.3) is 0 Å². The van der Waals surface area contributed by atoms with E-state index in [1.165, 1.54) is 0 Å². The smallest absolute Gasteiger partial charge is 0.207 e. The van der Waals surface area contributed by atoms with Gasteiger partial charge in [-0.25, -0.2) is 0 Å². The summed E-state index contributed by atoms with van der Waals surface area (Å²) in [6.45, 7) is 2.70. The molecule has 0 aliphatic heterocycles. The Balaban J connectivity index is 2.82. The van der Waals surface area contributed by atoms with Crippen LogP contribution in [0.4, 0.5) is 0 Å². The molecule has 0 unspecified atom stereocenters. The molecule has 0 aromatic heterocycles. The van der Waals surface area contributed by atoms with Crippen LogP contribution in [0.1, 0.15) is 13.3 Å². The van der Waals surface area contributed by atoms with E-state index in [0.29, 0.717) is 6.41 Å². The fourth-order valence-corrected chi connectivity index (χ4v) is 0.392. The van der Waals surface area contributed by atoms with E-state index in [-0.39, 0.29) is 0 Å². The van der Waals surface area contributed by atoms with E-state index in [2.05, 4.69) is 5.32 Å². The lowest BCUT2D eigenvalue weighted by atomic mass is 10.4. The highest BCUT2D eigenvalue weighted by Crippen LogP contribution is 1.76. The molecule has 2 nitrogen and oxygen atoms in total. The third-order valence-electron chi connectivity index (χ3n) is 0.774. The van der Waals surface area contributed by atoms with Crippen molar-refractivity contribution in [3.63, 3.8) is 0 Å². The second-order valence-electron chi connectivity index (χ2n) is 1.43. The first-order valence-electron chi connectivity index (χ1n) is 2.70. The number of hydrogen-bond acceptors (Lipinski definition) is 1. The molecule has 0 aliphatic rings. The fraction of sp³-hybridized carbons (Fsp3) is 0.500. The van der Waals surface area contributed by atoms with Crippen molar-refractivity contribution < 1.29 is 4.79 Å². The summed E-state index contributed by atoms with van der Waals surface area (Å²) in [6, 6.07) is 0. The minimum Gasteiger partial charge on any atom is -0.358 e. The molecule has 0 saturated carbocycles. The van der Waals surface area contributed by atoms with Crippen molar-refractivity contribution in [1.29, 1.82) is 0 Å². The minimum atomic E-state index is 0.712. The van der Waals surface area contributed by atoms with E-state index >= 15 is 0 Å². The van der Waals surface area contributed by atoms with Crippen LogP contribution < -0.4 is 5.32 Å². The molecule has 0 fully saturated rings. The van der Waals surface area contributed by atoms with Gasteiger partial charge in [-0.2, -0.15) is 0 Å². The van der Waals surface area contributed by atoms with Gasteiger partial charge in [0.05, 0.1) is 0 Å². The maximum Gasteiger partial charge on any atom is 0.207 e. The average Bonchev–Trinajstić information content (AvgIpc) is 1.81. The highest BCUT2D eigenvalue weighted by molar-refractivity contribution is 5.45. The quantitative estimate of drug-likeness (QED) is 0.324. The van der Waals surface area contributed by atoms with Crippen LogP contribution >= 0.6 is 0 Å². The minimum absolute atomic E-state index is 0.712. The van der Waals surface area contributed by atoms with Gasteiger partial charge in [0.2, 0.25) is 6.41 Å². The highest BCUT2D eigenvalue weighted by atomic mass is 16.1. The van der Waals surface area contributed by atoms with Crippen LogP contribution in [0, 0.1) is 0 Å². The first kappa shape index (κ1) is 7.21. The average molecular weight is 113 g/mol. The van der Waals surface area contributed by atoms with Crippen molar-refractivity contribution >= 4 is 6.41 Å². The molecular formula is C6H11NO. The molecule has 0 bridgehead atoms. The van der Waals surface area contributed by atoms with Crippen molar-refractivity contribution in [2.24, 2.45) is 0 Å². The molecule has 8 heavy (non-hydrogen) atoms. The van der Waals surface area contributed by atoms with Crippen LogP contribution in [-0.4, -0.2) is 13.0 Å². The van der Waals surface area contributed by atoms with Crippen LogP contribution in [0.25, 0.3) is 0 Å². The van der Waals surface area contributed by atoms with Crippen LogP contribution in [-0.2, 0) is 4.79 Å². The van der Waals surface area contributed by atoms with Gasteiger partial charge >= 0.3 is 0 Å². The second kappa shape index (κ2) is 6.21. The van der Waals surface area contributed by atoms with Gasteiger partial charge in [0.15, 0.2) is 0 Å². The maximum absolute atomic E-state index is 9.63. The van der Waals surface area contributed by atoms with E-state index in [1.807, 2.05) is 19.1 Å². The van der Waals surface area contributed by atoms with Crippen LogP contribution in [0.2, 0.25) is 0 Å². The Kier molecular flexibility index (Phi) is 5.60. The summed E-state index contributed by atoms with van der Waals surface area (Å²) in [5.74, 6) is 0. The molecule has 0 aromatic rings.